The molecule has 0 heterocycles. The lowest BCUT2D eigenvalue weighted by Crippen LogP contribution is -2.36. The van der Waals surface area contributed by atoms with Crippen molar-refractivity contribution < 1.29 is 8.42 Å². The van der Waals surface area contributed by atoms with E-state index in [0.29, 0.717) is 19.1 Å². The zero-order valence-electron chi connectivity index (χ0n) is 11.3. The first-order valence-electron chi connectivity index (χ1n) is 6.60. The number of rotatable bonds is 9. The van der Waals surface area contributed by atoms with Crippen LogP contribution in [0.2, 0.25) is 0 Å². The second kappa shape index (κ2) is 6.16. The number of hydrogen-bond donors (Lipinski definition) is 2. The fourth-order valence-electron chi connectivity index (χ4n) is 2.04. The highest BCUT2D eigenvalue weighted by molar-refractivity contribution is 7.89. The minimum absolute atomic E-state index is 0.174. The van der Waals surface area contributed by atoms with Crippen LogP contribution in [0.4, 0.5) is 0 Å². The van der Waals surface area contributed by atoms with Gasteiger partial charge in [0.1, 0.15) is 0 Å². The fourth-order valence-corrected chi connectivity index (χ4v) is 3.10. The highest BCUT2D eigenvalue weighted by Crippen LogP contribution is 2.48. The lowest BCUT2D eigenvalue weighted by atomic mass is 10.0. The summed E-state index contributed by atoms with van der Waals surface area (Å²) in [6.45, 7) is 7.33. The Balaban J connectivity index is 2.25. The topological polar surface area (TPSA) is 58.2 Å². The fraction of sp³-hybridized carbons (Fsp3) is 1.00. The molecule has 0 saturated heterocycles. The minimum atomic E-state index is -3.10. The Hall–Kier alpha value is -0.130. The third-order valence-corrected chi connectivity index (χ3v) is 4.65. The molecule has 0 aliphatic heterocycles. The number of nitrogens with one attached hydrogen (secondary N) is 2. The maximum atomic E-state index is 11.7. The molecular formula is C12H26N2O2S. The van der Waals surface area contributed by atoms with Crippen molar-refractivity contribution in [2.75, 3.05) is 18.8 Å². The van der Waals surface area contributed by atoms with Crippen molar-refractivity contribution in [3.8, 4) is 0 Å². The highest BCUT2D eigenvalue weighted by Gasteiger charge is 2.41. The third kappa shape index (κ3) is 5.84. The Bertz CT molecular complexity index is 321. The van der Waals surface area contributed by atoms with Gasteiger partial charge in [-0.25, -0.2) is 13.1 Å². The molecule has 1 saturated carbocycles. The van der Waals surface area contributed by atoms with E-state index in [1.165, 1.54) is 12.8 Å². The van der Waals surface area contributed by atoms with Gasteiger partial charge >= 0.3 is 0 Å². The van der Waals surface area contributed by atoms with E-state index in [0.717, 1.165) is 12.8 Å². The first kappa shape index (κ1) is 14.9. The van der Waals surface area contributed by atoms with Crippen molar-refractivity contribution in [3.05, 3.63) is 0 Å². The molecule has 4 nitrogen and oxygen atoms in total. The summed E-state index contributed by atoms with van der Waals surface area (Å²) in [7, 11) is -3.10. The predicted octanol–water partition coefficient (Wildman–Crippen LogP) is 1.48. The summed E-state index contributed by atoms with van der Waals surface area (Å²) in [6, 6.07) is 0.333. The lowest BCUT2D eigenvalue weighted by Gasteiger charge is -2.15. The van der Waals surface area contributed by atoms with Gasteiger partial charge in [0.15, 0.2) is 0 Å². The summed E-state index contributed by atoms with van der Waals surface area (Å²) in [6.07, 6.45) is 4.62. The van der Waals surface area contributed by atoms with E-state index < -0.39 is 10.0 Å². The van der Waals surface area contributed by atoms with Crippen LogP contribution in [0.15, 0.2) is 0 Å². The normalized spacial score (nSPS) is 18.6. The lowest BCUT2D eigenvalue weighted by molar-refractivity contribution is 0.449. The van der Waals surface area contributed by atoms with Gasteiger partial charge in [-0.05, 0) is 24.7 Å². The SMILES string of the molecule is CCCC1(CNS(=O)(=O)CCNC(C)C)CC1. The van der Waals surface area contributed by atoms with E-state index in [9.17, 15) is 8.42 Å². The Labute approximate surface area is 106 Å². The molecule has 0 atom stereocenters. The molecule has 1 aliphatic rings. The quantitative estimate of drug-likeness (QED) is 0.662. The summed E-state index contributed by atoms with van der Waals surface area (Å²) in [5, 5.41) is 3.12. The van der Waals surface area contributed by atoms with Crippen LogP contribution in [0.25, 0.3) is 0 Å². The van der Waals surface area contributed by atoms with Crippen molar-refractivity contribution >= 4 is 10.0 Å². The Morgan fingerprint density at radius 1 is 1.29 bits per heavy atom. The van der Waals surface area contributed by atoms with Crippen LogP contribution in [0.3, 0.4) is 0 Å². The standard InChI is InChI=1S/C12H26N2O2S/c1-4-5-12(6-7-12)10-14-17(15,16)9-8-13-11(2)3/h11,13-14H,4-10H2,1-3H3. The average molecular weight is 262 g/mol. The average Bonchev–Trinajstić information content (AvgIpc) is 2.96. The van der Waals surface area contributed by atoms with Gasteiger partial charge in [0, 0.05) is 19.1 Å². The largest absolute Gasteiger partial charge is 0.313 e. The molecule has 0 bridgehead atoms. The van der Waals surface area contributed by atoms with Gasteiger partial charge in [0.05, 0.1) is 5.75 Å². The van der Waals surface area contributed by atoms with Gasteiger partial charge < -0.3 is 5.32 Å². The zero-order valence-corrected chi connectivity index (χ0v) is 12.1. The summed E-state index contributed by atoms with van der Waals surface area (Å²) in [5.41, 5.74) is 0.285. The van der Waals surface area contributed by atoms with Gasteiger partial charge in [0.25, 0.3) is 0 Å². The van der Waals surface area contributed by atoms with Gasteiger partial charge in [0.2, 0.25) is 10.0 Å². The molecule has 17 heavy (non-hydrogen) atoms. The van der Waals surface area contributed by atoms with Crippen molar-refractivity contribution in [1.82, 2.24) is 10.0 Å². The van der Waals surface area contributed by atoms with Crippen LogP contribution in [-0.2, 0) is 10.0 Å². The smallest absolute Gasteiger partial charge is 0.212 e. The van der Waals surface area contributed by atoms with E-state index in [1.54, 1.807) is 0 Å². The van der Waals surface area contributed by atoms with Crippen LogP contribution in [0, 0.1) is 5.41 Å². The van der Waals surface area contributed by atoms with E-state index in [1.807, 2.05) is 13.8 Å². The molecule has 1 fully saturated rings. The molecule has 0 aromatic rings. The highest BCUT2D eigenvalue weighted by atomic mass is 32.2. The molecule has 2 N–H and O–H groups in total. The van der Waals surface area contributed by atoms with E-state index in [-0.39, 0.29) is 11.2 Å². The molecule has 5 heteroatoms. The molecule has 0 aromatic carbocycles. The van der Waals surface area contributed by atoms with Crippen molar-refractivity contribution in [1.29, 1.82) is 0 Å². The second-order valence-corrected chi connectivity index (χ2v) is 7.43. The predicted molar refractivity (Wildman–Crippen MR) is 71.5 cm³/mol. The van der Waals surface area contributed by atoms with Crippen LogP contribution < -0.4 is 10.0 Å². The second-order valence-electron chi connectivity index (χ2n) is 5.50. The van der Waals surface area contributed by atoms with Gasteiger partial charge in [-0.1, -0.05) is 27.2 Å². The van der Waals surface area contributed by atoms with Crippen LogP contribution >= 0.6 is 0 Å². The van der Waals surface area contributed by atoms with Gasteiger partial charge in [-0.15, -0.1) is 0 Å². The van der Waals surface area contributed by atoms with Crippen molar-refractivity contribution in [2.24, 2.45) is 5.41 Å². The molecule has 1 aliphatic carbocycles. The summed E-state index contributed by atoms with van der Waals surface area (Å²) in [4.78, 5) is 0. The number of sulfonamides is 1. The van der Waals surface area contributed by atoms with Crippen molar-refractivity contribution in [3.63, 3.8) is 0 Å². The van der Waals surface area contributed by atoms with E-state index in [2.05, 4.69) is 17.0 Å². The van der Waals surface area contributed by atoms with Crippen molar-refractivity contribution in [2.45, 2.75) is 52.5 Å². The van der Waals surface area contributed by atoms with E-state index >= 15 is 0 Å². The molecule has 102 valence electrons. The van der Waals surface area contributed by atoms with Crippen LogP contribution in [0.5, 0.6) is 0 Å². The monoisotopic (exact) mass is 262 g/mol. The van der Waals surface area contributed by atoms with Gasteiger partial charge in [-0.2, -0.15) is 0 Å². The Kier molecular flexibility index (Phi) is 5.41. The maximum Gasteiger partial charge on any atom is 0.212 e. The van der Waals surface area contributed by atoms with Crippen LogP contribution in [0.1, 0.15) is 46.5 Å². The molecule has 0 aromatic heterocycles. The van der Waals surface area contributed by atoms with E-state index in [4.69, 9.17) is 0 Å². The summed E-state index contributed by atoms with van der Waals surface area (Å²) < 4.78 is 26.2. The van der Waals surface area contributed by atoms with Crippen LogP contribution in [-0.4, -0.2) is 33.3 Å². The zero-order chi connectivity index (χ0) is 12.9. The molecule has 1 rings (SSSR count). The number of hydrogen-bond acceptors (Lipinski definition) is 3. The Morgan fingerprint density at radius 2 is 1.94 bits per heavy atom. The molecular weight excluding hydrogens is 236 g/mol. The Morgan fingerprint density at radius 3 is 2.41 bits per heavy atom. The third-order valence-electron chi connectivity index (χ3n) is 3.33. The van der Waals surface area contributed by atoms with Gasteiger partial charge in [-0.3, -0.25) is 0 Å². The first-order chi connectivity index (χ1) is 7.89. The molecule has 0 radical (unpaired) electrons. The first-order valence-corrected chi connectivity index (χ1v) is 8.25. The molecule has 0 unspecified atom stereocenters. The maximum absolute atomic E-state index is 11.7. The summed E-state index contributed by atoms with van der Waals surface area (Å²) in [5.74, 6) is 0.174. The summed E-state index contributed by atoms with van der Waals surface area (Å²) >= 11 is 0. The molecule has 0 spiro atoms. The minimum Gasteiger partial charge on any atom is -0.313 e. The molecule has 0 amide bonds.